The van der Waals surface area contributed by atoms with Crippen LogP contribution in [-0.2, 0) is 13.5 Å². The van der Waals surface area contributed by atoms with Crippen molar-refractivity contribution in [2.24, 2.45) is 7.05 Å². The first-order valence-electron chi connectivity index (χ1n) is 6.01. The van der Waals surface area contributed by atoms with E-state index >= 15 is 0 Å². The fourth-order valence-corrected chi connectivity index (χ4v) is 1.80. The van der Waals surface area contributed by atoms with Crippen molar-refractivity contribution >= 4 is 12.2 Å². The maximum Gasteiger partial charge on any atom is 0.204 e. The summed E-state index contributed by atoms with van der Waals surface area (Å²) < 4.78 is 2.16. The van der Waals surface area contributed by atoms with Crippen molar-refractivity contribution in [1.29, 1.82) is 0 Å². The lowest BCUT2D eigenvalue weighted by atomic mass is 10.1. The molecular formula is C16H18N+. The van der Waals surface area contributed by atoms with Crippen molar-refractivity contribution in [3.63, 3.8) is 0 Å². The highest BCUT2D eigenvalue weighted by atomic mass is 14.9. The Bertz CT molecular complexity index is 512. The minimum Gasteiger partial charge on any atom is -0.201 e. The molecule has 1 heteroatoms. The number of hydrogen-bond donors (Lipinski definition) is 0. The second kappa shape index (κ2) is 5.44. The van der Waals surface area contributed by atoms with Crippen molar-refractivity contribution < 1.29 is 4.57 Å². The Morgan fingerprint density at radius 3 is 2.41 bits per heavy atom. The lowest BCUT2D eigenvalue weighted by Crippen LogP contribution is -2.31. The van der Waals surface area contributed by atoms with E-state index in [0.29, 0.717) is 0 Å². The summed E-state index contributed by atoms with van der Waals surface area (Å²) in [6.07, 6.45) is 7.55. The summed E-state index contributed by atoms with van der Waals surface area (Å²) in [5.41, 5.74) is 3.81. The summed E-state index contributed by atoms with van der Waals surface area (Å²) in [5.74, 6) is 0. The van der Waals surface area contributed by atoms with Crippen LogP contribution in [0.4, 0.5) is 0 Å². The van der Waals surface area contributed by atoms with Crippen LogP contribution in [0.25, 0.3) is 12.2 Å². The fraction of sp³-hybridized carbons (Fsp3) is 0.188. The minimum absolute atomic E-state index is 1.08. The molecule has 0 fully saturated rings. The molecule has 0 saturated carbocycles. The molecule has 17 heavy (non-hydrogen) atoms. The smallest absolute Gasteiger partial charge is 0.201 e. The Morgan fingerprint density at radius 2 is 1.76 bits per heavy atom. The van der Waals surface area contributed by atoms with Crippen molar-refractivity contribution in [1.82, 2.24) is 0 Å². The molecule has 2 rings (SSSR count). The molecule has 0 N–H and O–H groups in total. The fourth-order valence-electron chi connectivity index (χ4n) is 1.80. The Balaban J connectivity index is 2.22. The molecule has 1 aromatic carbocycles. The minimum atomic E-state index is 1.08. The average molecular weight is 224 g/mol. The molecule has 1 heterocycles. The van der Waals surface area contributed by atoms with E-state index in [0.717, 1.165) is 6.42 Å². The molecule has 1 nitrogen and oxygen atoms in total. The number of nitrogens with zero attached hydrogens (tertiary/aromatic N) is 1. The highest BCUT2D eigenvalue weighted by molar-refractivity contribution is 5.66. The quantitative estimate of drug-likeness (QED) is 0.705. The van der Waals surface area contributed by atoms with E-state index in [1.165, 1.54) is 16.8 Å². The van der Waals surface area contributed by atoms with Gasteiger partial charge in [-0.15, -0.1) is 0 Å². The number of hydrogen-bond acceptors (Lipinski definition) is 0. The van der Waals surface area contributed by atoms with Crippen LogP contribution in [0.5, 0.6) is 0 Å². The van der Waals surface area contributed by atoms with Crippen molar-refractivity contribution in [3.8, 4) is 0 Å². The molecule has 86 valence electrons. The lowest BCUT2D eigenvalue weighted by molar-refractivity contribution is -0.673. The van der Waals surface area contributed by atoms with E-state index in [1.54, 1.807) is 0 Å². The lowest BCUT2D eigenvalue weighted by Gasteiger charge is -1.97. The van der Waals surface area contributed by atoms with Crippen molar-refractivity contribution in [2.75, 3.05) is 0 Å². The first kappa shape index (κ1) is 11.6. The summed E-state index contributed by atoms with van der Waals surface area (Å²) in [6, 6.07) is 14.7. The Labute approximate surface area is 103 Å². The number of aromatic nitrogens is 1. The van der Waals surface area contributed by atoms with Gasteiger partial charge < -0.3 is 0 Å². The number of benzene rings is 1. The van der Waals surface area contributed by atoms with E-state index in [9.17, 15) is 0 Å². The molecule has 0 aliphatic carbocycles. The molecule has 0 atom stereocenters. The second-order valence-corrected chi connectivity index (χ2v) is 4.17. The van der Waals surface area contributed by atoms with Crippen molar-refractivity contribution in [2.45, 2.75) is 13.3 Å². The summed E-state index contributed by atoms with van der Waals surface area (Å²) in [6.45, 7) is 2.18. The van der Waals surface area contributed by atoms with Crippen LogP contribution < -0.4 is 4.57 Å². The van der Waals surface area contributed by atoms with Gasteiger partial charge in [-0.3, -0.25) is 0 Å². The van der Waals surface area contributed by atoms with Gasteiger partial charge in [0.1, 0.15) is 7.05 Å². The van der Waals surface area contributed by atoms with Crippen LogP contribution >= 0.6 is 0 Å². The zero-order chi connectivity index (χ0) is 12.1. The number of aryl methyl sites for hydroxylation is 2. The molecule has 0 saturated heterocycles. The first-order chi connectivity index (χ1) is 8.29. The molecule has 0 radical (unpaired) electrons. The van der Waals surface area contributed by atoms with Gasteiger partial charge in [-0.2, -0.15) is 0 Å². The summed E-state index contributed by atoms with van der Waals surface area (Å²) in [4.78, 5) is 0. The van der Waals surface area contributed by atoms with Crippen molar-refractivity contribution in [3.05, 3.63) is 65.5 Å². The first-order valence-corrected chi connectivity index (χ1v) is 6.01. The topological polar surface area (TPSA) is 3.88 Å². The normalized spacial score (nSPS) is 10.9. The predicted molar refractivity (Wildman–Crippen MR) is 72.4 cm³/mol. The zero-order valence-electron chi connectivity index (χ0n) is 10.4. The Hall–Kier alpha value is -1.89. The van der Waals surface area contributed by atoms with E-state index < -0.39 is 0 Å². The molecule has 1 aromatic heterocycles. The molecule has 0 amide bonds. The van der Waals surface area contributed by atoms with E-state index in [-0.39, 0.29) is 0 Å². The van der Waals surface area contributed by atoms with Gasteiger partial charge in [-0.1, -0.05) is 37.3 Å². The van der Waals surface area contributed by atoms with Gasteiger partial charge in [0.15, 0.2) is 6.20 Å². The summed E-state index contributed by atoms with van der Waals surface area (Å²) in [5, 5.41) is 0. The molecule has 2 aromatic rings. The summed E-state index contributed by atoms with van der Waals surface area (Å²) in [7, 11) is 2.09. The van der Waals surface area contributed by atoms with E-state index in [1.807, 2.05) is 6.07 Å². The molecule has 0 bridgehead atoms. The Kier molecular flexibility index (Phi) is 3.71. The molecule has 0 spiro atoms. The maximum atomic E-state index is 2.19. The monoisotopic (exact) mass is 224 g/mol. The highest BCUT2D eigenvalue weighted by Gasteiger charge is 2.02. The standard InChI is InChI=1S/C16H18N/c1-3-14-9-11-16(17(2)13-14)12-10-15-7-5-4-6-8-15/h4-13H,3H2,1-2H3/q+1/b12-10+. The van der Waals surface area contributed by atoms with E-state index in [4.69, 9.17) is 0 Å². The van der Waals surface area contributed by atoms with Gasteiger partial charge in [-0.05, 0) is 24.1 Å². The van der Waals surface area contributed by atoms with Crippen LogP contribution in [0.3, 0.4) is 0 Å². The SMILES string of the molecule is CCc1ccc(/C=C/c2ccccc2)[n+](C)c1. The molecular weight excluding hydrogens is 206 g/mol. The third kappa shape index (κ3) is 3.04. The Morgan fingerprint density at radius 1 is 1.00 bits per heavy atom. The third-order valence-electron chi connectivity index (χ3n) is 2.89. The maximum absolute atomic E-state index is 2.19. The van der Waals surface area contributed by atoms with Crippen LogP contribution in [-0.4, -0.2) is 0 Å². The zero-order valence-corrected chi connectivity index (χ0v) is 10.4. The largest absolute Gasteiger partial charge is 0.204 e. The van der Waals surface area contributed by atoms with Gasteiger partial charge in [-0.25, -0.2) is 4.57 Å². The van der Waals surface area contributed by atoms with Gasteiger partial charge in [0.25, 0.3) is 0 Å². The number of rotatable bonds is 3. The second-order valence-electron chi connectivity index (χ2n) is 4.17. The third-order valence-corrected chi connectivity index (χ3v) is 2.89. The predicted octanol–water partition coefficient (Wildman–Crippen LogP) is 3.24. The molecule has 0 unspecified atom stereocenters. The van der Waals surface area contributed by atoms with Crippen LogP contribution in [0.1, 0.15) is 23.7 Å². The van der Waals surface area contributed by atoms with Gasteiger partial charge in [0, 0.05) is 17.7 Å². The number of pyridine rings is 1. The summed E-state index contributed by atoms with van der Waals surface area (Å²) >= 11 is 0. The van der Waals surface area contributed by atoms with Crippen LogP contribution in [0.15, 0.2) is 48.7 Å². The van der Waals surface area contributed by atoms with Gasteiger partial charge >= 0.3 is 0 Å². The molecule has 0 aliphatic rings. The average Bonchev–Trinajstić information content (AvgIpc) is 2.38. The molecule has 0 aliphatic heterocycles. The van der Waals surface area contributed by atoms with E-state index in [2.05, 4.69) is 73.3 Å². The highest BCUT2D eigenvalue weighted by Crippen LogP contribution is 2.06. The van der Waals surface area contributed by atoms with Gasteiger partial charge in [0.05, 0.1) is 0 Å². The van der Waals surface area contributed by atoms with Crippen LogP contribution in [0, 0.1) is 0 Å². The van der Waals surface area contributed by atoms with Crippen LogP contribution in [0.2, 0.25) is 0 Å². The van der Waals surface area contributed by atoms with Gasteiger partial charge in [0.2, 0.25) is 5.69 Å².